The van der Waals surface area contributed by atoms with E-state index in [4.69, 9.17) is 11.6 Å². The maximum Gasteiger partial charge on any atom is 0.0379 e. The average Bonchev–Trinajstić information content (AvgIpc) is 2.33. The molecule has 94 valence electrons. The predicted molar refractivity (Wildman–Crippen MR) is 75.7 cm³/mol. The molecule has 0 spiro atoms. The van der Waals surface area contributed by atoms with Crippen molar-refractivity contribution in [3.63, 3.8) is 0 Å². The monoisotopic (exact) mass is 250 g/mol. The average molecular weight is 251 g/mol. The summed E-state index contributed by atoms with van der Waals surface area (Å²) < 4.78 is 0. The van der Waals surface area contributed by atoms with Crippen LogP contribution < -0.4 is 0 Å². The number of hydrogen-bond donors (Lipinski definition) is 0. The number of aryl methyl sites for hydroxylation is 1. The van der Waals surface area contributed by atoms with Gasteiger partial charge in [0.25, 0.3) is 0 Å². The first-order valence-corrected chi connectivity index (χ1v) is 7.38. The molecule has 1 aromatic carbocycles. The molecule has 0 radical (unpaired) electrons. The standard InChI is InChI=1S/C16H23Cl/c1-13-7-5-6-10-15(13)12-16(17)11-14-8-3-2-4-9-14/h5-7,10,14,16H,2-4,8-9,11-12H2,1H3. The molecule has 0 saturated heterocycles. The van der Waals surface area contributed by atoms with E-state index < -0.39 is 0 Å². The largest absolute Gasteiger partial charge is 0.123 e. The summed E-state index contributed by atoms with van der Waals surface area (Å²) >= 11 is 6.52. The highest BCUT2D eigenvalue weighted by atomic mass is 35.5. The first-order chi connectivity index (χ1) is 8.25. The Bertz CT molecular complexity index is 339. The molecule has 17 heavy (non-hydrogen) atoms. The summed E-state index contributed by atoms with van der Waals surface area (Å²) in [4.78, 5) is 0. The SMILES string of the molecule is Cc1ccccc1CC(Cl)CC1CCCCC1. The van der Waals surface area contributed by atoms with E-state index in [1.54, 1.807) is 0 Å². The molecule has 0 amide bonds. The minimum atomic E-state index is 0.319. The first-order valence-electron chi connectivity index (χ1n) is 6.94. The molecule has 1 aliphatic carbocycles. The van der Waals surface area contributed by atoms with Crippen LogP contribution in [0.15, 0.2) is 24.3 Å². The van der Waals surface area contributed by atoms with Crippen LogP contribution in [0.25, 0.3) is 0 Å². The Morgan fingerprint density at radius 2 is 1.88 bits per heavy atom. The van der Waals surface area contributed by atoms with Crippen molar-refractivity contribution in [2.75, 3.05) is 0 Å². The van der Waals surface area contributed by atoms with Gasteiger partial charge >= 0.3 is 0 Å². The Labute approximate surface area is 110 Å². The molecule has 1 unspecified atom stereocenters. The van der Waals surface area contributed by atoms with Gasteiger partial charge in [-0.3, -0.25) is 0 Å². The molecule has 0 N–H and O–H groups in total. The van der Waals surface area contributed by atoms with Crippen molar-refractivity contribution in [1.29, 1.82) is 0 Å². The van der Waals surface area contributed by atoms with E-state index in [2.05, 4.69) is 31.2 Å². The molecular weight excluding hydrogens is 228 g/mol. The predicted octanol–water partition coefficient (Wildman–Crippen LogP) is 5.12. The summed E-state index contributed by atoms with van der Waals surface area (Å²) in [6, 6.07) is 8.61. The minimum absolute atomic E-state index is 0.319. The van der Waals surface area contributed by atoms with Crippen molar-refractivity contribution in [1.82, 2.24) is 0 Å². The van der Waals surface area contributed by atoms with Crippen LogP contribution in [0.4, 0.5) is 0 Å². The van der Waals surface area contributed by atoms with Crippen LogP contribution in [0.1, 0.15) is 49.7 Å². The lowest BCUT2D eigenvalue weighted by Crippen LogP contribution is -2.14. The fourth-order valence-electron chi connectivity index (χ4n) is 2.95. The normalized spacial score (nSPS) is 19.2. The van der Waals surface area contributed by atoms with Gasteiger partial charge in [-0.1, -0.05) is 56.4 Å². The zero-order valence-electron chi connectivity index (χ0n) is 10.8. The van der Waals surface area contributed by atoms with Gasteiger partial charge in [0.05, 0.1) is 0 Å². The highest BCUT2D eigenvalue weighted by Gasteiger charge is 2.18. The van der Waals surface area contributed by atoms with Gasteiger partial charge in [0.15, 0.2) is 0 Å². The fraction of sp³-hybridized carbons (Fsp3) is 0.625. The second-order valence-corrected chi connectivity index (χ2v) is 6.08. The van der Waals surface area contributed by atoms with Gasteiger partial charge in [0.1, 0.15) is 0 Å². The number of halogens is 1. The molecule has 1 saturated carbocycles. The van der Waals surface area contributed by atoms with Gasteiger partial charge in [-0.25, -0.2) is 0 Å². The van der Waals surface area contributed by atoms with Crippen LogP contribution in [-0.4, -0.2) is 5.38 Å². The minimum Gasteiger partial charge on any atom is -0.123 e. The molecule has 2 rings (SSSR count). The third kappa shape index (κ3) is 4.03. The third-order valence-corrected chi connectivity index (χ3v) is 4.35. The van der Waals surface area contributed by atoms with Crippen LogP contribution in [0.5, 0.6) is 0 Å². The van der Waals surface area contributed by atoms with Gasteiger partial charge in [-0.05, 0) is 36.8 Å². The Morgan fingerprint density at radius 1 is 1.18 bits per heavy atom. The summed E-state index contributed by atoms with van der Waals surface area (Å²) in [7, 11) is 0. The zero-order chi connectivity index (χ0) is 12.1. The summed E-state index contributed by atoms with van der Waals surface area (Å²) in [5, 5.41) is 0.319. The van der Waals surface area contributed by atoms with E-state index >= 15 is 0 Å². The molecule has 1 fully saturated rings. The highest BCUT2D eigenvalue weighted by molar-refractivity contribution is 6.20. The van der Waals surface area contributed by atoms with E-state index in [0.29, 0.717) is 5.38 Å². The van der Waals surface area contributed by atoms with Crippen LogP contribution in [0, 0.1) is 12.8 Å². The number of rotatable bonds is 4. The van der Waals surface area contributed by atoms with Crippen molar-refractivity contribution in [2.45, 2.75) is 57.2 Å². The van der Waals surface area contributed by atoms with E-state index in [0.717, 1.165) is 12.3 Å². The highest BCUT2D eigenvalue weighted by Crippen LogP contribution is 2.29. The maximum absolute atomic E-state index is 6.52. The molecular formula is C16H23Cl. The van der Waals surface area contributed by atoms with E-state index in [-0.39, 0.29) is 0 Å². The van der Waals surface area contributed by atoms with Crippen LogP contribution in [0.2, 0.25) is 0 Å². The smallest absolute Gasteiger partial charge is 0.0379 e. The van der Waals surface area contributed by atoms with Crippen molar-refractivity contribution in [3.8, 4) is 0 Å². The van der Waals surface area contributed by atoms with Gasteiger partial charge in [-0.15, -0.1) is 11.6 Å². The lowest BCUT2D eigenvalue weighted by molar-refractivity contribution is 0.334. The summed E-state index contributed by atoms with van der Waals surface area (Å²) in [5.41, 5.74) is 2.80. The van der Waals surface area contributed by atoms with Gasteiger partial charge in [-0.2, -0.15) is 0 Å². The van der Waals surface area contributed by atoms with E-state index in [1.807, 2.05) is 0 Å². The quantitative estimate of drug-likeness (QED) is 0.651. The Balaban J connectivity index is 1.84. The summed E-state index contributed by atoms with van der Waals surface area (Å²) in [6.07, 6.45) is 9.30. The molecule has 0 aromatic heterocycles. The fourth-order valence-corrected chi connectivity index (χ4v) is 3.36. The van der Waals surface area contributed by atoms with Crippen LogP contribution >= 0.6 is 11.6 Å². The summed E-state index contributed by atoms with van der Waals surface area (Å²) in [5.74, 6) is 0.885. The van der Waals surface area contributed by atoms with Gasteiger partial charge < -0.3 is 0 Å². The van der Waals surface area contributed by atoms with Crippen molar-refractivity contribution in [3.05, 3.63) is 35.4 Å². The molecule has 0 aliphatic heterocycles. The van der Waals surface area contributed by atoms with Crippen molar-refractivity contribution in [2.24, 2.45) is 5.92 Å². The molecule has 1 heteroatoms. The zero-order valence-corrected chi connectivity index (χ0v) is 11.5. The van der Waals surface area contributed by atoms with Crippen LogP contribution in [-0.2, 0) is 6.42 Å². The Hall–Kier alpha value is -0.490. The molecule has 1 aromatic rings. The second kappa shape index (κ2) is 6.44. The molecule has 1 aliphatic rings. The Kier molecular flexibility index (Phi) is 4.91. The third-order valence-electron chi connectivity index (χ3n) is 4.02. The first kappa shape index (κ1) is 13.0. The molecule has 0 nitrogen and oxygen atoms in total. The topological polar surface area (TPSA) is 0 Å². The molecule has 0 bridgehead atoms. The van der Waals surface area contributed by atoms with Gasteiger partial charge in [0.2, 0.25) is 0 Å². The lowest BCUT2D eigenvalue weighted by Gasteiger charge is -2.24. The van der Waals surface area contributed by atoms with E-state index in [1.165, 1.54) is 49.7 Å². The molecule has 1 atom stereocenters. The molecule has 0 heterocycles. The summed E-state index contributed by atoms with van der Waals surface area (Å²) in [6.45, 7) is 2.18. The van der Waals surface area contributed by atoms with Crippen molar-refractivity contribution < 1.29 is 0 Å². The number of benzene rings is 1. The van der Waals surface area contributed by atoms with Gasteiger partial charge in [0, 0.05) is 5.38 Å². The Morgan fingerprint density at radius 3 is 2.59 bits per heavy atom. The van der Waals surface area contributed by atoms with Crippen molar-refractivity contribution >= 4 is 11.6 Å². The number of alkyl halides is 1. The lowest BCUT2D eigenvalue weighted by atomic mass is 9.85. The number of hydrogen-bond acceptors (Lipinski definition) is 0. The maximum atomic E-state index is 6.52. The van der Waals surface area contributed by atoms with E-state index in [9.17, 15) is 0 Å². The second-order valence-electron chi connectivity index (χ2n) is 5.47. The van der Waals surface area contributed by atoms with Crippen LogP contribution in [0.3, 0.4) is 0 Å².